The van der Waals surface area contributed by atoms with Crippen LogP contribution >= 0.6 is 12.2 Å². The topological polar surface area (TPSA) is 52.5 Å². The van der Waals surface area contributed by atoms with Crippen LogP contribution in [0.1, 0.15) is 50.3 Å². The molecule has 1 heterocycles. The molecule has 0 radical (unpaired) electrons. The van der Waals surface area contributed by atoms with Crippen molar-refractivity contribution in [2.75, 3.05) is 6.54 Å². The quantitative estimate of drug-likeness (QED) is 0.210. The minimum absolute atomic E-state index is 0.0102. The number of hydrogen-bond acceptors (Lipinski definition) is 4. The van der Waals surface area contributed by atoms with E-state index in [1.54, 1.807) is 10.8 Å². The van der Waals surface area contributed by atoms with Gasteiger partial charge in [-0.15, -0.1) is 0 Å². The average Bonchev–Trinajstić information content (AvgIpc) is 3.34. The minimum atomic E-state index is -0.542. The summed E-state index contributed by atoms with van der Waals surface area (Å²) >= 11 is 5.56. The van der Waals surface area contributed by atoms with E-state index in [9.17, 15) is 4.79 Å². The fourth-order valence-electron chi connectivity index (χ4n) is 4.53. The lowest BCUT2D eigenvalue weighted by molar-refractivity contribution is 0.0544. The molecule has 4 aromatic rings. The van der Waals surface area contributed by atoms with Gasteiger partial charge in [0.15, 0.2) is 0 Å². The van der Waals surface area contributed by atoms with Crippen LogP contribution in [0.5, 0.6) is 0 Å². The molecule has 0 aliphatic rings. The Morgan fingerprint density at radius 3 is 2.10 bits per heavy atom. The lowest BCUT2D eigenvalue weighted by Crippen LogP contribution is -2.31. The summed E-state index contributed by atoms with van der Waals surface area (Å²) in [6.07, 6.45) is 5.77. The second-order valence-electron chi connectivity index (χ2n) is 10.8. The van der Waals surface area contributed by atoms with Gasteiger partial charge in [-0.3, -0.25) is 4.57 Å². The zero-order chi connectivity index (χ0) is 27.7. The van der Waals surface area contributed by atoms with Gasteiger partial charge in [0.1, 0.15) is 11.7 Å². The molecule has 204 valence electrons. The lowest BCUT2D eigenvalue weighted by Gasteiger charge is -2.21. The number of aryl methyl sites for hydroxylation is 2. The normalized spacial score (nSPS) is 12.2. The van der Waals surface area contributed by atoms with E-state index in [0.717, 1.165) is 49.6 Å². The van der Waals surface area contributed by atoms with Crippen molar-refractivity contribution < 1.29 is 14.3 Å². The third-order valence-electron chi connectivity index (χ3n) is 6.50. The van der Waals surface area contributed by atoms with Gasteiger partial charge in [-0.05, 0) is 100.0 Å². The molecular formula is C33H38N2O3S. The predicted octanol–water partition coefficient (Wildman–Crippen LogP) is 7.49. The number of nitrogens with one attached hydrogen (secondary N) is 1. The van der Waals surface area contributed by atoms with Crippen molar-refractivity contribution in [3.63, 3.8) is 0 Å². The number of nitrogens with zero attached hydrogens (tertiary/aromatic N) is 1. The second-order valence-corrected chi connectivity index (χ2v) is 11.2. The number of hydrogen-bond donors (Lipinski definition) is 1. The number of benzene rings is 3. The molecular weight excluding hydrogens is 504 g/mol. The molecule has 0 saturated heterocycles. The molecule has 5 nitrogen and oxygen atoms in total. The molecule has 1 atom stereocenters. The number of carbonyl (C=O) groups is 1. The van der Waals surface area contributed by atoms with Crippen LogP contribution in [0.4, 0.5) is 4.79 Å². The first-order valence-corrected chi connectivity index (χ1v) is 14.0. The van der Waals surface area contributed by atoms with Crippen molar-refractivity contribution in [1.29, 1.82) is 0 Å². The smallest absolute Gasteiger partial charge is 0.418 e. The average molecular weight is 543 g/mol. The molecule has 1 aromatic heterocycles. The first-order valence-electron chi connectivity index (χ1n) is 13.6. The molecule has 0 amide bonds. The monoisotopic (exact) mass is 542 g/mol. The summed E-state index contributed by atoms with van der Waals surface area (Å²) in [6.45, 7) is 6.35. The standard InChI is InChI=1S/C33H38N2O3S/c1-33(2,3)38-32(36)35-23-21-28-24-27(16-19-30(28)35)15-18-29(17-14-25-10-6-4-7-11-25)37-31(39)34-22-20-26-12-8-5-9-13-26/h4-13,16,19,21,23-24,29H,14-15,17-18,20,22H2,1-3H3,(H,34,39). The highest BCUT2D eigenvalue weighted by Crippen LogP contribution is 2.22. The van der Waals surface area contributed by atoms with Crippen molar-refractivity contribution >= 4 is 34.4 Å². The molecule has 0 aliphatic heterocycles. The molecule has 0 fully saturated rings. The Labute approximate surface area is 237 Å². The molecule has 1 N–H and O–H groups in total. The summed E-state index contributed by atoms with van der Waals surface area (Å²) in [5, 5.41) is 4.74. The molecule has 0 bridgehead atoms. The maximum absolute atomic E-state index is 12.6. The summed E-state index contributed by atoms with van der Waals surface area (Å²) in [5.41, 5.74) is 4.05. The van der Waals surface area contributed by atoms with Crippen LogP contribution in [0.2, 0.25) is 0 Å². The van der Waals surface area contributed by atoms with Gasteiger partial charge in [-0.25, -0.2) is 4.79 Å². The number of rotatable bonds is 10. The van der Waals surface area contributed by atoms with Crippen LogP contribution in [0, 0.1) is 0 Å². The van der Waals surface area contributed by atoms with Crippen molar-refractivity contribution in [3.05, 3.63) is 108 Å². The second kappa shape index (κ2) is 13.4. The Morgan fingerprint density at radius 1 is 0.846 bits per heavy atom. The summed E-state index contributed by atoms with van der Waals surface area (Å²) in [5.74, 6) is 0. The Hall–Kier alpha value is -3.64. The van der Waals surface area contributed by atoms with E-state index in [-0.39, 0.29) is 12.2 Å². The summed E-state index contributed by atoms with van der Waals surface area (Å²) in [7, 11) is 0. The number of ether oxygens (including phenoxy) is 2. The molecule has 1 unspecified atom stereocenters. The Bertz CT molecular complexity index is 1360. The van der Waals surface area contributed by atoms with Gasteiger partial charge in [-0.2, -0.15) is 0 Å². The third kappa shape index (κ3) is 8.96. The molecule has 0 aliphatic carbocycles. The van der Waals surface area contributed by atoms with Gasteiger partial charge >= 0.3 is 6.09 Å². The van der Waals surface area contributed by atoms with E-state index >= 15 is 0 Å². The Morgan fingerprint density at radius 2 is 1.46 bits per heavy atom. The number of thiocarbonyl (C=S) groups is 1. The maximum Gasteiger partial charge on any atom is 0.418 e. The molecule has 0 saturated carbocycles. The van der Waals surface area contributed by atoms with Gasteiger partial charge in [0, 0.05) is 18.1 Å². The highest BCUT2D eigenvalue weighted by molar-refractivity contribution is 7.80. The molecule has 0 spiro atoms. The largest absolute Gasteiger partial charge is 0.468 e. The van der Waals surface area contributed by atoms with E-state index in [1.807, 2.05) is 57.2 Å². The fraction of sp³-hybridized carbons (Fsp3) is 0.333. The van der Waals surface area contributed by atoms with Crippen molar-refractivity contribution in [2.24, 2.45) is 0 Å². The number of fused-ring (bicyclic) bond motifs is 1. The highest BCUT2D eigenvalue weighted by Gasteiger charge is 2.19. The minimum Gasteiger partial charge on any atom is -0.468 e. The van der Waals surface area contributed by atoms with E-state index in [2.05, 4.69) is 53.8 Å². The number of carbonyl (C=O) groups excluding carboxylic acids is 1. The van der Waals surface area contributed by atoms with Crippen LogP contribution < -0.4 is 5.32 Å². The lowest BCUT2D eigenvalue weighted by atomic mass is 10.0. The van der Waals surface area contributed by atoms with Crippen molar-refractivity contribution in [3.8, 4) is 0 Å². The zero-order valence-electron chi connectivity index (χ0n) is 23.1. The van der Waals surface area contributed by atoms with Gasteiger partial charge in [-0.1, -0.05) is 66.7 Å². The Balaban J connectivity index is 1.37. The fourth-order valence-corrected chi connectivity index (χ4v) is 4.76. The first kappa shape index (κ1) is 28.4. The van der Waals surface area contributed by atoms with E-state index in [1.165, 1.54) is 16.7 Å². The van der Waals surface area contributed by atoms with Crippen LogP contribution in [-0.2, 0) is 28.7 Å². The predicted molar refractivity (Wildman–Crippen MR) is 162 cm³/mol. The van der Waals surface area contributed by atoms with Crippen molar-refractivity contribution in [2.45, 2.75) is 64.6 Å². The number of aromatic nitrogens is 1. The van der Waals surface area contributed by atoms with Gasteiger partial charge in [0.25, 0.3) is 5.17 Å². The van der Waals surface area contributed by atoms with Crippen LogP contribution in [-0.4, -0.2) is 34.1 Å². The summed E-state index contributed by atoms with van der Waals surface area (Å²) in [4.78, 5) is 12.6. The molecule has 4 rings (SSSR count). The highest BCUT2D eigenvalue weighted by atomic mass is 32.1. The molecule has 39 heavy (non-hydrogen) atoms. The van der Waals surface area contributed by atoms with E-state index < -0.39 is 5.60 Å². The molecule has 6 heteroatoms. The van der Waals surface area contributed by atoms with Crippen molar-refractivity contribution in [1.82, 2.24) is 9.88 Å². The maximum atomic E-state index is 12.6. The van der Waals surface area contributed by atoms with Crippen LogP contribution in [0.15, 0.2) is 91.1 Å². The van der Waals surface area contributed by atoms with Gasteiger partial charge in [0.2, 0.25) is 0 Å². The zero-order valence-corrected chi connectivity index (χ0v) is 23.9. The summed E-state index contributed by atoms with van der Waals surface area (Å²) in [6, 6.07) is 29.0. The van der Waals surface area contributed by atoms with Crippen LogP contribution in [0.3, 0.4) is 0 Å². The Kier molecular flexibility index (Phi) is 9.77. The SMILES string of the molecule is CC(C)(C)OC(=O)n1ccc2cc(CCC(CCc3ccccc3)OC(=S)NCCc3ccccc3)ccc21. The van der Waals surface area contributed by atoms with Gasteiger partial charge < -0.3 is 14.8 Å². The summed E-state index contributed by atoms with van der Waals surface area (Å²) < 4.78 is 13.4. The van der Waals surface area contributed by atoms with Gasteiger partial charge in [0.05, 0.1) is 5.52 Å². The van der Waals surface area contributed by atoms with E-state index in [0.29, 0.717) is 5.17 Å². The van der Waals surface area contributed by atoms with E-state index in [4.69, 9.17) is 21.7 Å². The molecule has 3 aromatic carbocycles. The third-order valence-corrected chi connectivity index (χ3v) is 6.74. The van der Waals surface area contributed by atoms with Crippen LogP contribution in [0.25, 0.3) is 10.9 Å². The first-order chi connectivity index (χ1) is 18.8.